The van der Waals surface area contributed by atoms with Crippen molar-refractivity contribution in [1.82, 2.24) is 0 Å². The predicted octanol–water partition coefficient (Wildman–Crippen LogP) is 8.67. The summed E-state index contributed by atoms with van der Waals surface area (Å²) < 4.78 is 0. The van der Waals surface area contributed by atoms with Gasteiger partial charge in [0.05, 0.1) is 0 Å². The Balaban J connectivity index is 0. The van der Waals surface area contributed by atoms with Crippen LogP contribution in [-0.2, 0) is 9.59 Å². The maximum Gasteiger partial charge on any atom is 0.120 e. The van der Waals surface area contributed by atoms with E-state index in [0.29, 0.717) is 24.7 Å². The van der Waals surface area contributed by atoms with Crippen molar-refractivity contribution >= 4 is 12.6 Å². The lowest BCUT2D eigenvalue weighted by atomic mass is 9.93. The van der Waals surface area contributed by atoms with E-state index in [1.807, 2.05) is 0 Å². The monoisotopic (exact) mass is 418 g/mol. The number of hydrogen-bond acceptors (Lipinski definition) is 2. The third-order valence-corrected chi connectivity index (χ3v) is 5.47. The van der Waals surface area contributed by atoms with Crippen LogP contribution in [0, 0.1) is 17.8 Å². The summed E-state index contributed by atoms with van der Waals surface area (Å²) in [5.41, 5.74) is 4.25. The zero-order valence-corrected chi connectivity index (χ0v) is 21.3. The quantitative estimate of drug-likeness (QED) is 0.197. The van der Waals surface area contributed by atoms with E-state index in [4.69, 9.17) is 0 Å². The number of allylic oxidation sites excluding steroid dienone is 6. The normalized spacial score (nSPS) is 13.9. The second kappa shape index (κ2) is 20.8. The lowest BCUT2D eigenvalue weighted by Gasteiger charge is -2.12. The van der Waals surface area contributed by atoms with Crippen molar-refractivity contribution in [3.05, 3.63) is 34.9 Å². The maximum atomic E-state index is 10.4. The third-order valence-electron chi connectivity index (χ3n) is 5.47. The van der Waals surface area contributed by atoms with Gasteiger partial charge in [0, 0.05) is 12.8 Å². The largest absolute Gasteiger partial charge is 0.303 e. The van der Waals surface area contributed by atoms with Gasteiger partial charge in [-0.25, -0.2) is 0 Å². The first-order valence-electron chi connectivity index (χ1n) is 12.0. The van der Waals surface area contributed by atoms with Crippen molar-refractivity contribution in [2.75, 3.05) is 0 Å². The Hall–Kier alpha value is -1.44. The highest BCUT2D eigenvalue weighted by Crippen LogP contribution is 2.19. The van der Waals surface area contributed by atoms with Crippen molar-refractivity contribution in [1.29, 1.82) is 0 Å². The average Bonchev–Trinajstić information content (AvgIpc) is 2.66. The van der Waals surface area contributed by atoms with Crippen molar-refractivity contribution in [3.63, 3.8) is 0 Å². The van der Waals surface area contributed by atoms with E-state index in [0.717, 1.165) is 57.0 Å². The Kier molecular flexibility index (Phi) is 21.3. The molecule has 0 aromatic heterocycles. The molecule has 0 rings (SSSR count). The van der Waals surface area contributed by atoms with Crippen LogP contribution in [0.5, 0.6) is 0 Å². The highest BCUT2D eigenvalue weighted by Gasteiger charge is 2.06. The van der Waals surface area contributed by atoms with Crippen LogP contribution in [0.1, 0.15) is 113 Å². The summed E-state index contributed by atoms with van der Waals surface area (Å²) in [5, 5.41) is 0. The second-order valence-electron chi connectivity index (χ2n) is 9.38. The summed E-state index contributed by atoms with van der Waals surface area (Å²) >= 11 is 0. The molecule has 0 spiro atoms. The first kappa shape index (κ1) is 30.8. The zero-order valence-electron chi connectivity index (χ0n) is 21.3. The molecule has 30 heavy (non-hydrogen) atoms. The van der Waals surface area contributed by atoms with Crippen LogP contribution in [-0.4, -0.2) is 12.6 Å². The highest BCUT2D eigenvalue weighted by molar-refractivity contribution is 5.50. The van der Waals surface area contributed by atoms with Crippen LogP contribution in [0.2, 0.25) is 0 Å². The zero-order chi connectivity index (χ0) is 23.4. The molecule has 0 aliphatic heterocycles. The summed E-state index contributed by atoms with van der Waals surface area (Å²) in [4.78, 5) is 20.7. The molecule has 2 atom stereocenters. The fraction of sp³-hybridized carbons (Fsp3) is 0.714. The van der Waals surface area contributed by atoms with Gasteiger partial charge in [-0.1, -0.05) is 62.6 Å². The molecule has 0 fully saturated rings. The minimum Gasteiger partial charge on any atom is -0.303 e. The lowest BCUT2D eigenvalue weighted by Crippen LogP contribution is -2.01. The van der Waals surface area contributed by atoms with Gasteiger partial charge in [-0.3, -0.25) is 0 Å². The van der Waals surface area contributed by atoms with E-state index < -0.39 is 0 Å². The summed E-state index contributed by atoms with van der Waals surface area (Å²) in [5.74, 6) is 1.77. The molecule has 0 aliphatic rings. The molecule has 0 heterocycles. The van der Waals surface area contributed by atoms with E-state index in [2.05, 4.69) is 73.6 Å². The molecule has 174 valence electrons. The number of carbonyl (C=O) groups excluding carboxylic acids is 2. The van der Waals surface area contributed by atoms with Gasteiger partial charge in [0.2, 0.25) is 0 Å². The molecular formula is C28H50O2. The van der Waals surface area contributed by atoms with Gasteiger partial charge in [0.25, 0.3) is 0 Å². The molecule has 0 amide bonds. The highest BCUT2D eigenvalue weighted by atomic mass is 16.1. The van der Waals surface area contributed by atoms with Crippen molar-refractivity contribution < 1.29 is 9.59 Å². The van der Waals surface area contributed by atoms with Gasteiger partial charge in [-0.05, 0) is 90.4 Å². The topological polar surface area (TPSA) is 34.1 Å². The average molecular weight is 419 g/mol. The Morgan fingerprint density at radius 3 is 1.87 bits per heavy atom. The first-order valence-corrected chi connectivity index (χ1v) is 12.0. The predicted molar refractivity (Wildman–Crippen MR) is 134 cm³/mol. The number of rotatable bonds is 15. The lowest BCUT2D eigenvalue weighted by molar-refractivity contribution is -0.109. The van der Waals surface area contributed by atoms with E-state index in [-0.39, 0.29) is 0 Å². The van der Waals surface area contributed by atoms with E-state index in [1.54, 1.807) is 0 Å². The fourth-order valence-electron chi connectivity index (χ4n) is 3.19. The molecular weight excluding hydrogens is 368 g/mol. The van der Waals surface area contributed by atoms with Crippen LogP contribution in [0.25, 0.3) is 0 Å². The summed E-state index contributed by atoms with van der Waals surface area (Å²) in [6.07, 6.45) is 18.4. The Bertz CT molecular complexity index is 519. The molecule has 0 aromatic carbocycles. The maximum absolute atomic E-state index is 10.4. The van der Waals surface area contributed by atoms with Gasteiger partial charge in [-0.2, -0.15) is 0 Å². The molecule has 0 aliphatic carbocycles. The standard InChI is InChI=1S/C15H26O.C13H24O/c1-13(2)7-5-8-14(3)9-6-10-15(4)11-12-16;1-5-13(9-10-14)12(4)8-6-7-11(2)3/h7,9,12,15H,5-6,8,10-11H2,1-4H3;8,10-11,13H,5-7,9H2,1-4H3. The minimum atomic E-state index is 0.472. The number of aldehydes is 2. The van der Waals surface area contributed by atoms with Crippen LogP contribution >= 0.6 is 0 Å². The Labute approximate surface area is 188 Å². The smallest absolute Gasteiger partial charge is 0.120 e. The van der Waals surface area contributed by atoms with Crippen molar-refractivity contribution in [2.24, 2.45) is 17.8 Å². The summed E-state index contributed by atoms with van der Waals surface area (Å²) in [6.45, 7) is 17.4. The van der Waals surface area contributed by atoms with E-state index in [1.165, 1.54) is 23.1 Å². The Morgan fingerprint density at radius 2 is 1.37 bits per heavy atom. The first-order chi connectivity index (χ1) is 14.2. The van der Waals surface area contributed by atoms with Gasteiger partial charge in [-0.15, -0.1) is 0 Å². The summed E-state index contributed by atoms with van der Waals surface area (Å²) in [7, 11) is 0. The van der Waals surface area contributed by atoms with Crippen LogP contribution < -0.4 is 0 Å². The molecule has 2 heteroatoms. The number of carbonyl (C=O) groups is 2. The summed E-state index contributed by atoms with van der Waals surface area (Å²) in [6, 6.07) is 0. The van der Waals surface area contributed by atoms with Gasteiger partial charge in [0.1, 0.15) is 12.6 Å². The minimum absolute atomic E-state index is 0.472. The molecule has 0 saturated carbocycles. The van der Waals surface area contributed by atoms with Gasteiger partial charge < -0.3 is 9.59 Å². The molecule has 0 N–H and O–H groups in total. The number of hydrogen-bond donors (Lipinski definition) is 0. The molecule has 0 aromatic rings. The molecule has 0 saturated heterocycles. The molecule has 2 nitrogen and oxygen atoms in total. The van der Waals surface area contributed by atoms with Crippen molar-refractivity contribution in [2.45, 2.75) is 113 Å². The van der Waals surface area contributed by atoms with E-state index in [9.17, 15) is 9.59 Å². The van der Waals surface area contributed by atoms with Crippen LogP contribution in [0.3, 0.4) is 0 Å². The Morgan fingerprint density at radius 1 is 0.767 bits per heavy atom. The van der Waals surface area contributed by atoms with Crippen molar-refractivity contribution in [3.8, 4) is 0 Å². The van der Waals surface area contributed by atoms with Crippen LogP contribution in [0.4, 0.5) is 0 Å². The SMILES string of the molecule is CC(C)=CCCC(C)=CCCC(C)CC=O.CCC(CC=O)C(C)=CCCC(C)C. The van der Waals surface area contributed by atoms with E-state index >= 15 is 0 Å². The van der Waals surface area contributed by atoms with Crippen LogP contribution in [0.15, 0.2) is 34.9 Å². The molecule has 0 bridgehead atoms. The molecule has 0 radical (unpaired) electrons. The second-order valence-corrected chi connectivity index (χ2v) is 9.38. The third kappa shape index (κ3) is 21.3. The molecule has 2 unspecified atom stereocenters. The van der Waals surface area contributed by atoms with Gasteiger partial charge >= 0.3 is 0 Å². The fourth-order valence-corrected chi connectivity index (χ4v) is 3.19. The van der Waals surface area contributed by atoms with Gasteiger partial charge in [0.15, 0.2) is 0 Å².